The van der Waals surface area contributed by atoms with Gasteiger partial charge in [0.2, 0.25) is 0 Å². The summed E-state index contributed by atoms with van der Waals surface area (Å²) in [6, 6.07) is 2.44. The maximum atomic E-state index is 10.6. The van der Waals surface area contributed by atoms with Gasteiger partial charge in [0.05, 0.1) is 18.8 Å². The Hall–Kier alpha value is -1.41. The summed E-state index contributed by atoms with van der Waals surface area (Å²) in [5, 5.41) is 0. The van der Waals surface area contributed by atoms with E-state index in [9.17, 15) is 4.79 Å². The van der Waals surface area contributed by atoms with Crippen LogP contribution in [0.2, 0.25) is 0 Å². The van der Waals surface area contributed by atoms with Crippen LogP contribution in [0.3, 0.4) is 0 Å². The minimum atomic E-state index is -0.422. The number of allylic oxidation sites excluding steroid dienone is 1. The van der Waals surface area contributed by atoms with E-state index in [-0.39, 0.29) is 0 Å². The van der Waals surface area contributed by atoms with Gasteiger partial charge in [-0.3, -0.25) is 0 Å². The lowest BCUT2D eigenvalue weighted by Gasteiger charge is -1.89. The lowest BCUT2D eigenvalue weighted by atomic mass is 10.4. The quantitative estimate of drug-likeness (QED) is 0.362. The first-order chi connectivity index (χ1) is 5.70. The zero-order valence-corrected chi connectivity index (χ0v) is 7.50. The number of hydrogen-bond acceptors (Lipinski definition) is 4. The van der Waals surface area contributed by atoms with Gasteiger partial charge in [0, 0.05) is 12.6 Å². The molecule has 0 rings (SSSR count). The minimum absolute atomic E-state index is 0.422. The zero-order valence-electron chi connectivity index (χ0n) is 7.50. The molecule has 0 spiro atoms. The summed E-state index contributed by atoms with van der Waals surface area (Å²) in [6.45, 7) is 4.19. The number of rotatable bonds is 3. The SMILES string of the molecule is CCN=C=N/C(C)=C\C(=O)OC. The Morgan fingerprint density at radius 2 is 2.33 bits per heavy atom. The minimum Gasteiger partial charge on any atom is -0.466 e. The van der Waals surface area contributed by atoms with Crippen LogP contribution in [0.5, 0.6) is 0 Å². The Morgan fingerprint density at radius 1 is 1.67 bits per heavy atom. The van der Waals surface area contributed by atoms with Crippen LogP contribution in [0, 0.1) is 0 Å². The summed E-state index contributed by atoms with van der Waals surface area (Å²) in [4.78, 5) is 18.1. The average Bonchev–Trinajstić information content (AvgIpc) is 2.05. The van der Waals surface area contributed by atoms with Crippen LogP contribution in [0.25, 0.3) is 0 Å². The largest absolute Gasteiger partial charge is 0.466 e. The molecule has 0 fully saturated rings. The molecule has 0 aliphatic carbocycles. The molecule has 0 atom stereocenters. The number of hydrogen-bond donors (Lipinski definition) is 0. The molecular formula is C8H12N2O2. The van der Waals surface area contributed by atoms with Gasteiger partial charge in [-0.05, 0) is 13.8 Å². The van der Waals surface area contributed by atoms with Crippen molar-refractivity contribution in [2.75, 3.05) is 13.7 Å². The van der Waals surface area contributed by atoms with Crippen molar-refractivity contribution in [3.63, 3.8) is 0 Å². The fraction of sp³-hybridized carbons (Fsp3) is 0.500. The second-order valence-electron chi connectivity index (χ2n) is 2.00. The highest BCUT2D eigenvalue weighted by atomic mass is 16.5. The van der Waals surface area contributed by atoms with E-state index in [4.69, 9.17) is 0 Å². The first-order valence-electron chi connectivity index (χ1n) is 3.59. The van der Waals surface area contributed by atoms with Crippen LogP contribution < -0.4 is 0 Å². The Bertz CT molecular complexity index is 237. The lowest BCUT2D eigenvalue weighted by Crippen LogP contribution is -1.94. The van der Waals surface area contributed by atoms with Crippen molar-refractivity contribution >= 4 is 12.0 Å². The second-order valence-corrected chi connectivity index (χ2v) is 2.00. The molecule has 0 amide bonds. The van der Waals surface area contributed by atoms with Crippen molar-refractivity contribution < 1.29 is 9.53 Å². The smallest absolute Gasteiger partial charge is 0.332 e. The molecule has 12 heavy (non-hydrogen) atoms. The van der Waals surface area contributed by atoms with Gasteiger partial charge < -0.3 is 4.74 Å². The van der Waals surface area contributed by atoms with Gasteiger partial charge in [0.25, 0.3) is 0 Å². The van der Waals surface area contributed by atoms with Crippen molar-refractivity contribution in [3.05, 3.63) is 11.8 Å². The maximum Gasteiger partial charge on any atom is 0.332 e. The van der Waals surface area contributed by atoms with Crippen molar-refractivity contribution in [1.82, 2.24) is 0 Å². The molecule has 4 heteroatoms. The summed E-state index contributed by atoms with van der Waals surface area (Å²) in [5.41, 5.74) is 0.527. The molecule has 0 aromatic carbocycles. The molecule has 0 aromatic rings. The summed E-state index contributed by atoms with van der Waals surface area (Å²) in [7, 11) is 1.32. The third-order valence-corrected chi connectivity index (χ3v) is 0.983. The molecule has 0 aliphatic rings. The van der Waals surface area contributed by atoms with Gasteiger partial charge in [-0.15, -0.1) is 0 Å². The van der Waals surface area contributed by atoms with Crippen LogP contribution in [0.1, 0.15) is 13.8 Å². The van der Waals surface area contributed by atoms with Gasteiger partial charge in [-0.2, -0.15) is 4.99 Å². The zero-order chi connectivity index (χ0) is 9.40. The highest BCUT2D eigenvalue weighted by molar-refractivity contribution is 5.82. The summed E-state index contributed by atoms with van der Waals surface area (Å²) >= 11 is 0. The maximum absolute atomic E-state index is 10.6. The molecule has 0 saturated carbocycles. The third kappa shape index (κ3) is 5.38. The van der Waals surface area contributed by atoms with E-state index < -0.39 is 5.97 Å². The third-order valence-electron chi connectivity index (χ3n) is 0.983. The summed E-state index contributed by atoms with van der Waals surface area (Å²) in [6.07, 6.45) is 1.28. The van der Waals surface area contributed by atoms with Crippen LogP contribution in [0.15, 0.2) is 21.8 Å². The molecule has 0 N–H and O–H groups in total. The van der Waals surface area contributed by atoms with Crippen molar-refractivity contribution in [3.8, 4) is 0 Å². The number of methoxy groups -OCH3 is 1. The Labute approximate surface area is 71.7 Å². The van der Waals surface area contributed by atoms with Gasteiger partial charge in [-0.25, -0.2) is 9.79 Å². The van der Waals surface area contributed by atoms with E-state index in [1.165, 1.54) is 13.2 Å². The molecule has 0 aromatic heterocycles. The molecule has 0 heterocycles. The predicted molar refractivity (Wildman–Crippen MR) is 46.2 cm³/mol. The van der Waals surface area contributed by atoms with E-state index in [1.807, 2.05) is 6.92 Å². The average molecular weight is 168 g/mol. The molecule has 0 aliphatic heterocycles. The molecule has 0 bridgehead atoms. The Balaban J connectivity index is 4.20. The standard InChI is InChI=1S/C8H12N2O2/c1-4-9-6-10-7(2)5-8(11)12-3/h5H,4H2,1-3H3/b7-5-. The van der Waals surface area contributed by atoms with E-state index in [0.29, 0.717) is 12.2 Å². The molecule has 0 unspecified atom stereocenters. The summed E-state index contributed by atoms with van der Waals surface area (Å²) < 4.78 is 4.39. The van der Waals surface area contributed by atoms with Crippen LogP contribution in [-0.2, 0) is 9.53 Å². The second kappa shape index (κ2) is 6.31. The lowest BCUT2D eigenvalue weighted by molar-refractivity contribution is -0.134. The first-order valence-corrected chi connectivity index (χ1v) is 3.59. The number of carbonyl (C=O) groups excluding carboxylic acids is 1. The summed E-state index contributed by atoms with van der Waals surface area (Å²) in [5.74, 6) is -0.422. The van der Waals surface area contributed by atoms with Crippen molar-refractivity contribution in [2.45, 2.75) is 13.8 Å². The molecule has 0 saturated heterocycles. The first kappa shape index (κ1) is 10.6. The highest BCUT2D eigenvalue weighted by Crippen LogP contribution is 1.92. The van der Waals surface area contributed by atoms with Gasteiger partial charge in [0.1, 0.15) is 0 Å². The van der Waals surface area contributed by atoms with Crippen LogP contribution >= 0.6 is 0 Å². The predicted octanol–water partition coefficient (Wildman–Crippen LogP) is 1.26. The fourth-order valence-corrected chi connectivity index (χ4v) is 0.447. The monoisotopic (exact) mass is 168 g/mol. The van der Waals surface area contributed by atoms with Gasteiger partial charge in [0.15, 0.2) is 0 Å². The normalized spacial score (nSPS) is 10.1. The Kier molecular flexibility index (Phi) is 5.57. The van der Waals surface area contributed by atoms with E-state index >= 15 is 0 Å². The van der Waals surface area contributed by atoms with Gasteiger partial charge in [-0.1, -0.05) is 0 Å². The van der Waals surface area contributed by atoms with Crippen molar-refractivity contribution in [1.29, 1.82) is 0 Å². The fourth-order valence-electron chi connectivity index (χ4n) is 0.447. The number of carbonyl (C=O) groups is 1. The van der Waals surface area contributed by atoms with E-state index in [1.54, 1.807) is 6.92 Å². The topological polar surface area (TPSA) is 51.0 Å². The molecule has 0 radical (unpaired) electrons. The highest BCUT2D eigenvalue weighted by Gasteiger charge is 1.92. The number of ether oxygens (including phenoxy) is 1. The van der Waals surface area contributed by atoms with Crippen molar-refractivity contribution in [2.24, 2.45) is 9.98 Å². The van der Waals surface area contributed by atoms with E-state index in [2.05, 4.69) is 20.7 Å². The van der Waals surface area contributed by atoms with E-state index in [0.717, 1.165) is 0 Å². The number of esters is 1. The Morgan fingerprint density at radius 3 is 2.83 bits per heavy atom. The number of nitrogens with zero attached hydrogens (tertiary/aromatic N) is 2. The molecule has 66 valence electrons. The molecule has 4 nitrogen and oxygen atoms in total. The van der Waals surface area contributed by atoms with Crippen LogP contribution in [0.4, 0.5) is 0 Å². The molecular weight excluding hydrogens is 156 g/mol. The van der Waals surface area contributed by atoms with Gasteiger partial charge >= 0.3 is 5.97 Å². The van der Waals surface area contributed by atoms with Crippen LogP contribution in [-0.4, -0.2) is 25.6 Å². The number of aliphatic imine (C=N–C) groups is 2.